The SMILES string of the molecule is CC.CC1=Nc2nccnc2CC=C1. The molecule has 0 amide bonds. The Kier molecular flexibility index (Phi) is 3.98. The number of aromatic nitrogens is 2. The van der Waals surface area contributed by atoms with E-state index in [1.165, 1.54) is 0 Å². The molecule has 2 rings (SSSR count). The van der Waals surface area contributed by atoms with Crippen LogP contribution in [0.2, 0.25) is 0 Å². The molecule has 1 aliphatic rings. The van der Waals surface area contributed by atoms with Gasteiger partial charge in [0, 0.05) is 24.5 Å². The van der Waals surface area contributed by atoms with Crippen molar-refractivity contribution in [1.29, 1.82) is 0 Å². The fraction of sp³-hybridized carbons (Fsp3) is 0.364. The highest BCUT2D eigenvalue weighted by atomic mass is 14.9. The summed E-state index contributed by atoms with van der Waals surface area (Å²) in [5.41, 5.74) is 1.93. The Hall–Kier alpha value is -1.51. The number of hydrogen-bond donors (Lipinski definition) is 0. The minimum Gasteiger partial charge on any atom is -0.255 e. The number of allylic oxidation sites excluding steroid dienone is 2. The van der Waals surface area contributed by atoms with E-state index in [2.05, 4.69) is 21.0 Å². The van der Waals surface area contributed by atoms with Crippen LogP contribution >= 0.6 is 0 Å². The van der Waals surface area contributed by atoms with Gasteiger partial charge in [0.1, 0.15) is 0 Å². The lowest BCUT2D eigenvalue weighted by atomic mass is 10.3. The van der Waals surface area contributed by atoms with Crippen LogP contribution in [0.3, 0.4) is 0 Å². The van der Waals surface area contributed by atoms with Crippen LogP contribution in [-0.4, -0.2) is 15.7 Å². The van der Waals surface area contributed by atoms with Crippen molar-refractivity contribution in [3.05, 3.63) is 30.2 Å². The van der Waals surface area contributed by atoms with Crippen LogP contribution in [0.25, 0.3) is 0 Å². The van der Waals surface area contributed by atoms with Gasteiger partial charge < -0.3 is 0 Å². The first kappa shape index (κ1) is 10.6. The summed E-state index contributed by atoms with van der Waals surface area (Å²) in [6, 6.07) is 0. The molecule has 3 nitrogen and oxygen atoms in total. The standard InChI is InChI=1S/C9H9N3.C2H6/c1-7-3-2-4-8-9(12-7)11-6-5-10-8;1-2/h2-3,5-6H,4H2,1H3;1-2H3. The first-order valence-electron chi connectivity index (χ1n) is 4.88. The molecular weight excluding hydrogens is 174 g/mol. The summed E-state index contributed by atoms with van der Waals surface area (Å²) in [7, 11) is 0. The minimum atomic E-state index is 0.750. The molecule has 0 saturated carbocycles. The van der Waals surface area contributed by atoms with Crippen LogP contribution in [0, 0.1) is 0 Å². The highest BCUT2D eigenvalue weighted by molar-refractivity contribution is 5.95. The molecule has 1 aromatic rings. The molecule has 0 spiro atoms. The Morgan fingerprint density at radius 1 is 1.14 bits per heavy atom. The highest BCUT2D eigenvalue weighted by Gasteiger charge is 2.04. The molecule has 74 valence electrons. The molecule has 2 heterocycles. The van der Waals surface area contributed by atoms with Gasteiger partial charge in [0.2, 0.25) is 0 Å². The van der Waals surface area contributed by atoms with Crippen molar-refractivity contribution in [3.8, 4) is 0 Å². The average molecular weight is 189 g/mol. The molecule has 1 aliphatic heterocycles. The van der Waals surface area contributed by atoms with E-state index < -0.39 is 0 Å². The van der Waals surface area contributed by atoms with Gasteiger partial charge in [0.05, 0.1) is 5.69 Å². The Morgan fingerprint density at radius 3 is 2.64 bits per heavy atom. The predicted molar refractivity (Wildman–Crippen MR) is 59.0 cm³/mol. The molecular formula is C11H15N3. The van der Waals surface area contributed by atoms with Crippen molar-refractivity contribution in [2.24, 2.45) is 4.99 Å². The van der Waals surface area contributed by atoms with E-state index in [0.29, 0.717) is 0 Å². The zero-order chi connectivity index (χ0) is 10.4. The minimum absolute atomic E-state index is 0.750. The van der Waals surface area contributed by atoms with Gasteiger partial charge in [-0.15, -0.1) is 0 Å². The normalized spacial score (nSPS) is 13.2. The smallest absolute Gasteiger partial charge is 0.174 e. The van der Waals surface area contributed by atoms with E-state index in [1.807, 2.05) is 26.8 Å². The van der Waals surface area contributed by atoms with Gasteiger partial charge in [-0.1, -0.05) is 19.9 Å². The summed E-state index contributed by atoms with van der Waals surface area (Å²) < 4.78 is 0. The predicted octanol–water partition coefficient (Wildman–Crippen LogP) is 2.71. The van der Waals surface area contributed by atoms with Crippen LogP contribution in [-0.2, 0) is 6.42 Å². The molecule has 0 unspecified atom stereocenters. The summed E-state index contributed by atoms with van der Waals surface area (Å²) in [4.78, 5) is 12.6. The third kappa shape index (κ3) is 2.49. The molecule has 0 aromatic carbocycles. The summed E-state index contributed by atoms with van der Waals surface area (Å²) in [6.45, 7) is 5.96. The number of rotatable bonds is 0. The van der Waals surface area contributed by atoms with Crippen molar-refractivity contribution in [2.45, 2.75) is 27.2 Å². The van der Waals surface area contributed by atoms with Crippen molar-refractivity contribution in [2.75, 3.05) is 0 Å². The molecule has 14 heavy (non-hydrogen) atoms. The van der Waals surface area contributed by atoms with E-state index >= 15 is 0 Å². The molecule has 0 N–H and O–H groups in total. The van der Waals surface area contributed by atoms with Gasteiger partial charge in [0.15, 0.2) is 5.82 Å². The molecule has 0 aliphatic carbocycles. The van der Waals surface area contributed by atoms with Gasteiger partial charge in [-0.2, -0.15) is 0 Å². The van der Waals surface area contributed by atoms with E-state index in [4.69, 9.17) is 0 Å². The highest BCUT2D eigenvalue weighted by Crippen LogP contribution is 2.16. The monoisotopic (exact) mass is 189 g/mol. The van der Waals surface area contributed by atoms with Gasteiger partial charge in [0.25, 0.3) is 0 Å². The molecule has 0 radical (unpaired) electrons. The van der Waals surface area contributed by atoms with Crippen molar-refractivity contribution < 1.29 is 0 Å². The van der Waals surface area contributed by atoms with E-state index in [1.54, 1.807) is 12.4 Å². The lowest BCUT2D eigenvalue weighted by Crippen LogP contribution is -1.88. The molecule has 0 fully saturated rings. The topological polar surface area (TPSA) is 38.1 Å². The molecule has 1 aromatic heterocycles. The molecule has 0 atom stereocenters. The lowest BCUT2D eigenvalue weighted by molar-refractivity contribution is 1.05. The number of nitrogens with zero attached hydrogens (tertiary/aromatic N) is 3. The fourth-order valence-corrected chi connectivity index (χ4v) is 1.14. The maximum absolute atomic E-state index is 4.30. The van der Waals surface area contributed by atoms with E-state index in [-0.39, 0.29) is 0 Å². The van der Waals surface area contributed by atoms with Gasteiger partial charge in [-0.25, -0.2) is 9.98 Å². The van der Waals surface area contributed by atoms with Crippen molar-refractivity contribution >= 4 is 11.5 Å². The summed E-state index contributed by atoms with van der Waals surface area (Å²) in [6.07, 6.45) is 8.23. The Labute approximate surface area is 84.6 Å². The van der Waals surface area contributed by atoms with Crippen molar-refractivity contribution in [3.63, 3.8) is 0 Å². The summed E-state index contributed by atoms with van der Waals surface area (Å²) in [5, 5.41) is 0. The quantitative estimate of drug-likeness (QED) is 0.629. The fourth-order valence-electron chi connectivity index (χ4n) is 1.14. The van der Waals surface area contributed by atoms with Crippen molar-refractivity contribution in [1.82, 2.24) is 9.97 Å². The average Bonchev–Trinajstić information content (AvgIpc) is 2.41. The zero-order valence-electron chi connectivity index (χ0n) is 8.86. The van der Waals surface area contributed by atoms with Gasteiger partial charge in [-0.05, 0) is 13.0 Å². The number of fused-ring (bicyclic) bond motifs is 1. The summed E-state index contributed by atoms with van der Waals surface area (Å²) in [5.74, 6) is 0.750. The van der Waals surface area contributed by atoms with Crippen LogP contribution in [0.1, 0.15) is 26.5 Å². The Morgan fingerprint density at radius 2 is 1.86 bits per heavy atom. The first-order chi connectivity index (χ1) is 6.86. The number of aliphatic imine (C=N–C) groups is 1. The lowest BCUT2D eigenvalue weighted by Gasteiger charge is -1.96. The third-order valence-electron chi connectivity index (χ3n) is 1.70. The van der Waals surface area contributed by atoms with Crippen LogP contribution in [0.15, 0.2) is 29.5 Å². The van der Waals surface area contributed by atoms with Crippen LogP contribution in [0.5, 0.6) is 0 Å². The maximum Gasteiger partial charge on any atom is 0.174 e. The molecule has 0 bridgehead atoms. The zero-order valence-corrected chi connectivity index (χ0v) is 8.86. The summed E-state index contributed by atoms with van der Waals surface area (Å²) >= 11 is 0. The third-order valence-corrected chi connectivity index (χ3v) is 1.70. The van der Waals surface area contributed by atoms with Gasteiger partial charge >= 0.3 is 0 Å². The second-order valence-electron chi connectivity index (χ2n) is 2.69. The van der Waals surface area contributed by atoms with E-state index in [0.717, 1.165) is 23.6 Å². The Bertz CT molecular complexity index is 353. The van der Waals surface area contributed by atoms with E-state index in [9.17, 15) is 0 Å². The van der Waals surface area contributed by atoms with Crippen LogP contribution in [0.4, 0.5) is 5.82 Å². The van der Waals surface area contributed by atoms with Crippen LogP contribution < -0.4 is 0 Å². The Balaban J connectivity index is 0.000000461. The largest absolute Gasteiger partial charge is 0.255 e. The number of hydrogen-bond acceptors (Lipinski definition) is 3. The molecule has 0 saturated heterocycles. The van der Waals surface area contributed by atoms with Gasteiger partial charge in [-0.3, -0.25) is 4.98 Å². The second-order valence-corrected chi connectivity index (χ2v) is 2.69. The maximum atomic E-state index is 4.30. The second kappa shape index (κ2) is 5.27. The molecule has 3 heteroatoms. The first-order valence-corrected chi connectivity index (χ1v) is 4.88.